The van der Waals surface area contributed by atoms with E-state index in [2.05, 4.69) is 51.7 Å². The summed E-state index contributed by atoms with van der Waals surface area (Å²) in [6, 6.07) is 12.7. The fourth-order valence-corrected chi connectivity index (χ4v) is 4.81. The quantitative estimate of drug-likeness (QED) is 0.692. The van der Waals surface area contributed by atoms with Crippen molar-refractivity contribution in [1.29, 1.82) is 0 Å². The highest BCUT2D eigenvalue weighted by Crippen LogP contribution is 2.34. The molecule has 0 radical (unpaired) electrons. The van der Waals surface area contributed by atoms with Crippen LogP contribution in [0.15, 0.2) is 48.0 Å². The number of aromatic nitrogens is 2. The molecule has 3 heterocycles. The van der Waals surface area contributed by atoms with Crippen molar-refractivity contribution in [1.82, 2.24) is 9.97 Å². The van der Waals surface area contributed by atoms with E-state index < -0.39 is 0 Å². The van der Waals surface area contributed by atoms with Crippen LogP contribution in [-0.2, 0) is 19.4 Å². The van der Waals surface area contributed by atoms with Crippen molar-refractivity contribution in [3.8, 4) is 0 Å². The van der Waals surface area contributed by atoms with Gasteiger partial charge in [-0.25, -0.2) is 9.97 Å². The van der Waals surface area contributed by atoms with Gasteiger partial charge in [-0.05, 0) is 35.4 Å². The minimum absolute atomic E-state index is 0.167. The number of carbonyl (C=O) groups excluding carboxylic acids is 1. The van der Waals surface area contributed by atoms with Crippen LogP contribution >= 0.6 is 11.3 Å². The molecular formula is C21H19N3OS. The summed E-state index contributed by atoms with van der Waals surface area (Å²) in [5, 5.41) is 2.08. The summed E-state index contributed by atoms with van der Waals surface area (Å²) in [6.07, 6.45) is 4.13. The summed E-state index contributed by atoms with van der Waals surface area (Å²) in [6.45, 7) is 1.75. The monoisotopic (exact) mass is 361 g/mol. The van der Waals surface area contributed by atoms with E-state index in [-0.39, 0.29) is 11.7 Å². The Hall–Kier alpha value is -2.53. The summed E-state index contributed by atoms with van der Waals surface area (Å²) in [5.74, 6) is 1.16. The molecule has 130 valence electrons. The highest BCUT2D eigenvalue weighted by molar-refractivity contribution is 7.10. The first-order valence-electron chi connectivity index (χ1n) is 9.02. The van der Waals surface area contributed by atoms with Crippen LogP contribution in [0.25, 0.3) is 0 Å². The van der Waals surface area contributed by atoms with E-state index in [1.54, 1.807) is 17.5 Å². The third-order valence-corrected chi connectivity index (χ3v) is 6.42. The van der Waals surface area contributed by atoms with Gasteiger partial charge in [-0.1, -0.05) is 30.3 Å². The van der Waals surface area contributed by atoms with Gasteiger partial charge in [0.1, 0.15) is 0 Å². The first kappa shape index (κ1) is 15.7. The zero-order valence-corrected chi connectivity index (χ0v) is 15.2. The number of fused-ring (bicyclic) bond motifs is 2. The first-order chi connectivity index (χ1) is 12.8. The number of ketones is 1. The number of carbonyl (C=O) groups is 1. The minimum Gasteiger partial charge on any atom is -0.336 e. The van der Waals surface area contributed by atoms with E-state index >= 15 is 0 Å². The Kier molecular flexibility index (Phi) is 3.82. The van der Waals surface area contributed by atoms with E-state index in [0.29, 0.717) is 12.0 Å². The van der Waals surface area contributed by atoms with Gasteiger partial charge in [0, 0.05) is 36.5 Å². The van der Waals surface area contributed by atoms with Gasteiger partial charge < -0.3 is 4.90 Å². The number of rotatable bonds is 2. The topological polar surface area (TPSA) is 46.1 Å². The Morgan fingerprint density at radius 3 is 2.81 bits per heavy atom. The molecule has 26 heavy (non-hydrogen) atoms. The van der Waals surface area contributed by atoms with Gasteiger partial charge in [0.05, 0.1) is 11.3 Å². The molecule has 2 aromatic heterocycles. The van der Waals surface area contributed by atoms with Crippen molar-refractivity contribution >= 4 is 23.1 Å². The maximum absolute atomic E-state index is 12.6. The SMILES string of the molecule is O=C1CC(c2cccs2)Cc2nc(N3CCc4ccccc4C3)ncc21. The van der Waals surface area contributed by atoms with E-state index in [0.717, 1.165) is 37.6 Å². The Morgan fingerprint density at radius 1 is 1.08 bits per heavy atom. The number of thiophene rings is 1. The standard InChI is InChI=1S/C21H19N3OS/c25-19-11-16(20-6-3-9-26-20)10-18-17(19)12-22-21(23-18)24-8-7-14-4-1-2-5-15(14)13-24/h1-6,9,12,16H,7-8,10-11,13H2. The zero-order valence-electron chi connectivity index (χ0n) is 14.4. The van der Waals surface area contributed by atoms with E-state index in [1.165, 1.54) is 16.0 Å². The lowest BCUT2D eigenvalue weighted by Crippen LogP contribution is -2.32. The molecule has 0 spiro atoms. The fourth-order valence-electron chi connectivity index (χ4n) is 3.98. The molecule has 0 saturated carbocycles. The van der Waals surface area contributed by atoms with Crippen molar-refractivity contribution in [2.75, 3.05) is 11.4 Å². The van der Waals surface area contributed by atoms with Crippen LogP contribution in [0.1, 0.15) is 44.4 Å². The van der Waals surface area contributed by atoms with Gasteiger partial charge in [0.15, 0.2) is 5.78 Å². The van der Waals surface area contributed by atoms with Crippen LogP contribution < -0.4 is 4.90 Å². The van der Waals surface area contributed by atoms with Crippen LogP contribution in [0.5, 0.6) is 0 Å². The van der Waals surface area contributed by atoms with Crippen LogP contribution in [0.3, 0.4) is 0 Å². The largest absolute Gasteiger partial charge is 0.336 e. The second-order valence-electron chi connectivity index (χ2n) is 7.01. The molecule has 2 aliphatic rings. The minimum atomic E-state index is 0.167. The molecule has 0 fully saturated rings. The highest BCUT2D eigenvalue weighted by Gasteiger charge is 2.29. The Balaban J connectivity index is 1.45. The predicted molar refractivity (Wildman–Crippen MR) is 103 cm³/mol. The summed E-state index contributed by atoms with van der Waals surface area (Å²) in [7, 11) is 0. The van der Waals surface area contributed by atoms with Crippen LogP contribution in [0.4, 0.5) is 5.95 Å². The molecule has 5 heteroatoms. The molecule has 1 aliphatic carbocycles. The van der Waals surface area contributed by atoms with Crippen molar-refractivity contribution < 1.29 is 4.79 Å². The lowest BCUT2D eigenvalue weighted by molar-refractivity contribution is 0.0963. The first-order valence-corrected chi connectivity index (χ1v) is 9.90. The summed E-state index contributed by atoms with van der Waals surface area (Å²) in [5.41, 5.74) is 4.37. The number of Topliss-reactive ketones (excluding diaryl/α,β-unsaturated/α-hetero) is 1. The maximum Gasteiger partial charge on any atom is 0.225 e. The van der Waals surface area contributed by atoms with E-state index in [9.17, 15) is 4.79 Å². The summed E-state index contributed by atoms with van der Waals surface area (Å²) >= 11 is 1.72. The van der Waals surface area contributed by atoms with E-state index in [1.807, 2.05) is 0 Å². The molecule has 0 N–H and O–H groups in total. The van der Waals surface area contributed by atoms with Crippen molar-refractivity contribution in [2.45, 2.75) is 31.7 Å². The average Bonchev–Trinajstić information content (AvgIpc) is 3.22. The Bertz CT molecular complexity index is 967. The second kappa shape index (κ2) is 6.32. The number of nitrogens with zero attached hydrogens (tertiary/aromatic N) is 3. The third-order valence-electron chi connectivity index (χ3n) is 5.39. The Labute approximate surface area is 156 Å². The molecular weight excluding hydrogens is 342 g/mol. The number of hydrogen-bond donors (Lipinski definition) is 0. The van der Waals surface area contributed by atoms with Crippen molar-refractivity contribution in [3.05, 3.63) is 75.2 Å². The van der Waals surface area contributed by atoms with Gasteiger partial charge in [-0.2, -0.15) is 0 Å². The summed E-state index contributed by atoms with van der Waals surface area (Å²) < 4.78 is 0. The lowest BCUT2D eigenvalue weighted by atomic mass is 9.85. The van der Waals surface area contributed by atoms with Crippen LogP contribution in [-0.4, -0.2) is 22.3 Å². The van der Waals surface area contributed by atoms with Crippen LogP contribution in [0, 0.1) is 0 Å². The predicted octanol–water partition coefficient (Wildman–Crippen LogP) is 4.01. The van der Waals surface area contributed by atoms with Gasteiger partial charge in [-0.3, -0.25) is 4.79 Å². The molecule has 3 aromatic rings. The highest BCUT2D eigenvalue weighted by atomic mass is 32.1. The fraction of sp³-hybridized carbons (Fsp3) is 0.286. The van der Waals surface area contributed by atoms with E-state index in [4.69, 9.17) is 4.98 Å². The molecule has 0 bridgehead atoms. The number of benzene rings is 1. The molecule has 1 unspecified atom stereocenters. The second-order valence-corrected chi connectivity index (χ2v) is 7.99. The van der Waals surface area contributed by atoms with Gasteiger partial charge in [-0.15, -0.1) is 11.3 Å². The Morgan fingerprint density at radius 2 is 1.96 bits per heavy atom. The smallest absolute Gasteiger partial charge is 0.225 e. The summed E-state index contributed by atoms with van der Waals surface area (Å²) in [4.78, 5) is 25.4. The average molecular weight is 361 g/mol. The van der Waals surface area contributed by atoms with Crippen molar-refractivity contribution in [3.63, 3.8) is 0 Å². The maximum atomic E-state index is 12.6. The number of hydrogen-bond acceptors (Lipinski definition) is 5. The van der Waals surface area contributed by atoms with Gasteiger partial charge in [0.25, 0.3) is 0 Å². The number of anilines is 1. The lowest BCUT2D eigenvalue weighted by Gasteiger charge is -2.30. The molecule has 4 nitrogen and oxygen atoms in total. The third kappa shape index (κ3) is 2.72. The van der Waals surface area contributed by atoms with Gasteiger partial charge >= 0.3 is 0 Å². The molecule has 5 rings (SSSR count). The zero-order chi connectivity index (χ0) is 17.5. The normalized spacial score (nSPS) is 19.2. The van der Waals surface area contributed by atoms with Gasteiger partial charge in [0.2, 0.25) is 5.95 Å². The molecule has 1 atom stereocenters. The molecule has 0 saturated heterocycles. The molecule has 1 aliphatic heterocycles. The van der Waals surface area contributed by atoms with Crippen molar-refractivity contribution in [2.24, 2.45) is 0 Å². The molecule has 0 amide bonds. The van der Waals surface area contributed by atoms with Crippen LogP contribution in [0.2, 0.25) is 0 Å². The molecule has 1 aromatic carbocycles.